The Morgan fingerprint density at radius 2 is 1.72 bits per heavy atom. The number of benzene rings is 1. The summed E-state index contributed by atoms with van der Waals surface area (Å²) in [5.41, 5.74) is -1.43. The van der Waals surface area contributed by atoms with Crippen molar-refractivity contribution in [3.8, 4) is 5.75 Å². The van der Waals surface area contributed by atoms with Crippen LogP contribution in [0.1, 0.15) is 58.3 Å². The fraction of sp³-hybridized carbons (Fsp3) is 0.600. The monoisotopic (exact) mass is 575 g/mol. The molecule has 1 unspecified atom stereocenters. The van der Waals surface area contributed by atoms with Gasteiger partial charge in [-0.2, -0.15) is 8.42 Å². The predicted octanol–water partition coefficient (Wildman–Crippen LogP) is 2.16. The van der Waals surface area contributed by atoms with E-state index in [2.05, 4.69) is 5.32 Å². The van der Waals surface area contributed by atoms with Crippen molar-refractivity contribution in [1.82, 2.24) is 5.32 Å². The fourth-order valence-electron chi connectivity index (χ4n) is 2.83. The minimum atomic E-state index is -4.00. The standard InChI is InChI=1S/C25H37NO12S/c1-7-34-21(29)18-11-8-9-12-19(18)36-24(31)38-23(16(2)3)37-22(30)20(28)25(5,6)15-35-39(32,33)14-10-13-26-17(4)27/h8-9,11-12,16,20,23,28H,7,10,13-15H2,1-6H3,(H,26,27)/t20-,23?/m0/s1. The quantitative estimate of drug-likeness (QED) is 0.102. The van der Waals surface area contributed by atoms with Crippen molar-refractivity contribution in [2.24, 2.45) is 11.3 Å². The van der Waals surface area contributed by atoms with E-state index in [-0.39, 0.29) is 42.5 Å². The Bertz CT molecular complexity index is 1100. The summed E-state index contributed by atoms with van der Waals surface area (Å²) in [7, 11) is -4.00. The number of aliphatic hydroxyl groups is 1. The van der Waals surface area contributed by atoms with Gasteiger partial charge in [-0.25, -0.2) is 14.4 Å². The zero-order valence-electron chi connectivity index (χ0n) is 22.9. The van der Waals surface area contributed by atoms with Crippen LogP contribution in [0.3, 0.4) is 0 Å². The van der Waals surface area contributed by atoms with Crippen molar-refractivity contribution < 1.29 is 55.8 Å². The molecular weight excluding hydrogens is 538 g/mol. The van der Waals surface area contributed by atoms with Crippen LogP contribution in [0.5, 0.6) is 5.75 Å². The van der Waals surface area contributed by atoms with Gasteiger partial charge in [0.25, 0.3) is 16.4 Å². The molecule has 2 atom stereocenters. The zero-order valence-corrected chi connectivity index (χ0v) is 23.7. The number of carbonyl (C=O) groups excluding carboxylic acids is 4. The van der Waals surface area contributed by atoms with Crippen molar-refractivity contribution >= 4 is 34.1 Å². The lowest BCUT2D eigenvalue weighted by atomic mass is 9.87. The van der Waals surface area contributed by atoms with E-state index in [0.717, 1.165) is 0 Å². The van der Waals surface area contributed by atoms with Crippen LogP contribution in [0, 0.1) is 11.3 Å². The SMILES string of the molecule is CCOC(=O)c1ccccc1OC(=O)OC(OC(=O)[C@H](O)C(C)(C)COS(=O)(=O)CCCNC(C)=O)C(C)C. The highest BCUT2D eigenvalue weighted by Gasteiger charge is 2.39. The van der Waals surface area contributed by atoms with Gasteiger partial charge < -0.3 is 29.4 Å². The first-order valence-corrected chi connectivity index (χ1v) is 13.8. The second kappa shape index (κ2) is 15.4. The van der Waals surface area contributed by atoms with Gasteiger partial charge in [0.15, 0.2) is 6.10 Å². The summed E-state index contributed by atoms with van der Waals surface area (Å²) in [4.78, 5) is 48.0. The van der Waals surface area contributed by atoms with Gasteiger partial charge >= 0.3 is 18.1 Å². The third kappa shape index (κ3) is 12.0. The highest BCUT2D eigenvalue weighted by atomic mass is 32.2. The molecule has 39 heavy (non-hydrogen) atoms. The van der Waals surface area contributed by atoms with Gasteiger partial charge in [-0.15, -0.1) is 0 Å². The third-order valence-electron chi connectivity index (χ3n) is 5.08. The van der Waals surface area contributed by atoms with Crippen molar-refractivity contribution in [1.29, 1.82) is 0 Å². The van der Waals surface area contributed by atoms with Gasteiger partial charge in [0.2, 0.25) is 5.91 Å². The Morgan fingerprint density at radius 3 is 2.31 bits per heavy atom. The summed E-state index contributed by atoms with van der Waals surface area (Å²) in [6, 6.07) is 5.82. The summed E-state index contributed by atoms with van der Waals surface area (Å²) in [5.74, 6) is -3.28. The largest absolute Gasteiger partial charge is 0.516 e. The first-order valence-electron chi connectivity index (χ1n) is 12.2. The molecule has 1 amide bonds. The summed E-state index contributed by atoms with van der Waals surface area (Å²) < 4.78 is 49.5. The van der Waals surface area contributed by atoms with E-state index in [1.165, 1.54) is 39.0 Å². The van der Waals surface area contributed by atoms with E-state index in [4.69, 9.17) is 23.1 Å². The highest BCUT2D eigenvalue weighted by Crippen LogP contribution is 2.25. The normalized spacial score (nSPS) is 13.2. The Kier molecular flexibility index (Phi) is 13.3. The van der Waals surface area contributed by atoms with Gasteiger partial charge in [-0.05, 0) is 25.5 Å². The number of ether oxygens (including phenoxy) is 4. The summed E-state index contributed by atoms with van der Waals surface area (Å²) in [6.45, 7) is 8.55. The van der Waals surface area contributed by atoms with Crippen LogP contribution in [0.2, 0.25) is 0 Å². The number of amides is 1. The molecule has 1 aromatic carbocycles. The van der Waals surface area contributed by atoms with E-state index < -0.39 is 58.5 Å². The van der Waals surface area contributed by atoms with Crippen molar-refractivity contribution in [3.05, 3.63) is 29.8 Å². The number of aliphatic hydroxyl groups excluding tert-OH is 1. The Hall–Kier alpha value is -3.23. The second-order valence-corrected chi connectivity index (χ2v) is 11.2. The smallest absolute Gasteiger partial charge is 0.462 e. The molecule has 0 saturated carbocycles. The topological polar surface area (TPSA) is 181 Å². The molecule has 0 saturated heterocycles. The Balaban J connectivity index is 2.77. The molecule has 0 aliphatic rings. The molecule has 1 rings (SSSR count). The molecule has 1 aromatic rings. The van der Waals surface area contributed by atoms with Crippen LogP contribution < -0.4 is 10.1 Å². The van der Waals surface area contributed by atoms with E-state index in [1.807, 2.05) is 0 Å². The fourth-order valence-corrected chi connectivity index (χ4v) is 3.93. The molecule has 0 aliphatic heterocycles. The summed E-state index contributed by atoms with van der Waals surface area (Å²) >= 11 is 0. The number of hydrogen-bond donors (Lipinski definition) is 2. The summed E-state index contributed by atoms with van der Waals surface area (Å²) in [5, 5.41) is 13.0. The molecule has 0 radical (unpaired) electrons. The van der Waals surface area contributed by atoms with E-state index in [0.29, 0.717) is 0 Å². The van der Waals surface area contributed by atoms with Crippen LogP contribution in [0.4, 0.5) is 4.79 Å². The molecule has 0 heterocycles. The van der Waals surface area contributed by atoms with Crippen LogP contribution in [-0.4, -0.2) is 75.4 Å². The second-order valence-electron chi connectivity index (χ2n) is 9.49. The van der Waals surface area contributed by atoms with Crippen molar-refractivity contribution in [2.45, 2.75) is 60.4 Å². The maximum atomic E-state index is 12.6. The lowest BCUT2D eigenvalue weighted by molar-refractivity contribution is -0.192. The number of nitrogens with one attached hydrogen (secondary N) is 1. The molecule has 13 nitrogen and oxygen atoms in total. The number of carbonyl (C=O) groups is 4. The Labute approximate surface area is 228 Å². The number of rotatable bonds is 15. The lowest BCUT2D eigenvalue weighted by Crippen LogP contribution is -2.44. The van der Waals surface area contributed by atoms with Crippen LogP contribution in [-0.2, 0) is 38.1 Å². The lowest BCUT2D eigenvalue weighted by Gasteiger charge is -2.30. The van der Waals surface area contributed by atoms with Gasteiger partial charge in [0.05, 0.1) is 19.0 Å². The zero-order chi connectivity index (χ0) is 29.8. The van der Waals surface area contributed by atoms with Gasteiger partial charge in [-0.3, -0.25) is 8.98 Å². The van der Waals surface area contributed by atoms with E-state index in [1.54, 1.807) is 26.8 Å². The van der Waals surface area contributed by atoms with Crippen LogP contribution in [0.15, 0.2) is 24.3 Å². The molecule has 0 aromatic heterocycles. The van der Waals surface area contributed by atoms with Gasteiger partial charge in [0.1, 0.15) is 11.3 Å². The van der Waals surface area contributed by atoms with Crippen molar-refractivity contribution in [2.75, 3.05) is 25.5 Å². The molecular formula is C25H37NO12S. The molecule has 0 spiro atoms. The first kappa shape index (κ1) is 33.8. The number of para-hydroxylation sites is 1. The van der Waals surface area contributed by atoms with Crippen molar-refractivity contribution in [3.63, 3.8) is 0 Å². The average Bonchev–Trinajstić information content (AvgIpc) is 2.85. The Morgan fingerprint density at radius 1 is 1.08 bits per heavy atom. The van der Waals surface area contributed by atoms with E-state index in [9.17, 15) is 32.7 Å². The molecule has 0 aliphatic carbocycles. The first-order chi connectivity index (χ1) is 18.1. The minimum absolute atomic E-state index is 0.0170. The minimum Gasteiger partial charge on any atom is -0.462 e. The number of hydrogen-bond acceptors (Lipinski definition) is 12. The molecule has 220 valence electrons. The molecule has 0 bridgehead atoms. The van der Waals surface area contributed by atoms with Crippen LogP contribution in [0.25, 0.3) is 0 Å². The maximum Gasteiger partial charge on any atom is 0.516 e. The highest BCUT2D eigenvalue weighted by molar-refractivity contribution is 7.86. The van der Waals surface area contributed by atoms with Gasteiger partial charge in [0, 0.05) is 24.8 Å². The molecule has 2 N–H and O–H groups in total. The van der Waals surface area contributed by atoms with E-state index >= 15 is 0 Å². The van der Waals surface area contributed by atoms with Gasteiger partial charge in [-0.1, -0.05) is 39.8 Å². The van der Waals surface area contributed by atoms with Crippen LogP contribution >= 0.6 is 0 Å². The summed E-state index contributed by atoms with van der Waals surface area (Å²) in [6.07, 6.45) is -4.50. The molecule has 14 heteroatoms. The third-order valence-corrected chi connectivity index (χ3v) is 6.35. The predicted molar refractivity (Wildman–Crippen MR) is 137 cm³/mol. The average molecular weight is 576 g/mol. The number of esters is 2. The maximum absolute atomic E-state index is 12.6. The molecule has 0 fully saturated rings.